The van der Waals surface area contributed by atoms with Crippen LogP contribution in [0.4, 0.5) is 0 Å². The van der Waals surface area contributed by atoms with Gasteiger partial charge in [-0.25, -0.2) is 4.98 Å². The summed E-state index contributed by atoms with van der Waals surface area (Å²) in [6.07, 6.45) is 0. The Morgan fingerprint density at radius 3 is 2.58 bits per heavy atom. The summed E-state index contributed by atoms with van der Waals surface area (Å²) in [4.78, 5) is 9.16. The lowest BCUT2D eigenvalue weighted by Crippen LogP contribution is -2.07. The van der Waals surface area contributed by atoms with Crippen LogP contribution in [0.25, 0.3) is 11.4 Å². The SMILES string of the molecule is Cc1nc(SCc2nc(-c3ccccc3)no2)n(CC(C)C)c1C. The van der Waals surface area contributed by atoms with E-state index in [1.807, 2.05) is 30.3 Å². The molecule has 2 heterocycles. The number of thioether (sulfide) groups is 1. The molecule has 0 aliphatic carbocycles. The van der Waals surface area contributed by atoms with Gasteiger partial charge in [0, 0.05) is 17.8 Å². The summed E-state index contributed by atoms with van der Waals surface area (Å²) in [6.45, 7) is 9.57. The Labute approximate surface area is 146 Å². The molecule has 0 aliphatic rings. The first-order chi connectivity index (χ1) is 11.5. The first-order valence-corrected chi connectivity index (χ1v) is 9.07. The van der Waals surface area contributed by atoms with Crippen molar-refractivity contribution < 1.29 is 4.52 Å². The lowest BCUT2D eigenvalue weighted by Gasteiger charge is -2.11. The molecule has 1 aromatic carbocycles. The number of aryl methyl sites for hydroxylation is 1. The third-order valence-corrected chi connectivity index (χ3v) is 4.76. The smallest absolute Gasteiger partial charge is 0.237 e. The topological polar surface area (TPSA) is 56.7 Å². The second-order valence-electron chi connectivity index (χ2n) is 6.24. The van der Waals surface area contributed by atoms with Crippen molar-refractivity contribution in [1.82, 2.24) is 19.7 Å². The van der Waals surface area contributed by atoms with E-state index >= 15 is 0 Å². The van der Waals surface area contributed by atoms with Crippen molar-refractivity contribution in [3.63, 3.8) is 0 Å². The van der Waals surface area contributed by atoms with Gasteiger partial charge in [0.2, 0.25) is 11.7 Å². The predicted octanol–water partition coefficient (Wildman–Crippen LogP) is 4.50. The molecule has 0 amide bonds. The largest absolute Gasteiger partial charge is 0.338 e. The molecule has 3 rings (SSSR count). The fourth-order valence-electron chi connectivity index (χ4n) is 2.46. The molecule has 126 valence electrons. The Morgan fingerprint density at radius 2 is 1.88 bits per heavy atom. The van der Waals surface area contributed by atoms with Crippen LogP contribution in [0.3, 0.4) is 0 Å². The van der Waals surface area contributed by atoms with Gasteiger partial charge in [-0.05, 0) is 19.8 Å². The van der Waals surface area contributed by atoms with E-state index < -0.39 is 0 Å². The summed E-state index contributed by atoms with van der Waals surface area (Å²) in [5, 5.41) is 5.08. The van der Waals surface area contributed by atoms with Crippen LogP contribution < -0.4 is 0 Å². The van der Waals surface area contributed by atoms with Crippen LogP contribution in [0.15, 0.2) is 40.0 Å². The van der Waals surface area contributed by atoms with Crippen LogP contribution in [0.1, 0.15) is 31.1 Å². The molecule has 0 saturated carbocycles. The first-order valence-electron chi connectivity index (χ1n) is 8.09. The molecule has 0 atom stereocenters. The third kappa shape index (κ3) is 3.70. The van der Waals surface area contributed by atoms with E-state index in [-0.39, 0.29) is 0 Å². The number of hydrogen-bond acceptors (Lipinski definition) is 5. The highest BCUT2D eigenvalue weighted by molar-refractivity contribution is 7.98. The molecule has 5 nitrogen and oxygen atoms in total. The minimum atomic E-state index is 0.574. The Kier molecular flexibility index (Phi) is 5.04. The fourth-order valence-corrected chi connectivity index (χ4v) is 3.40. The average molecular weight is 342 g/mol. The minimum absolute atomic E-state index is 0.574. The van der Waals surface area contributed by atoms with Crippen LogP contribution in [0.5, 0.6) is 0 Å². The third-order valence-electron chi connectivity index (χ3n) is 3.80. The number of imidazole rings is 1. The van der Waals surface area contributed by atoms with Crippen molar-refractivity contribution >= 4 is 11.8 Å². The number of rotatable bonds is 6. The first kappa shape index (κ1) is 16.8. The highest BCUT2D eigenvalue weighted by atomic mass is 32.2. The average Bonchev–Trinajstić information content (AvgIpc) is 3.14. The standard InChI is InChI=1S/C18H22N4OS/c1-12(2)10-22-14(4)13(3)19-18(22)24-11-16-20-17(21-23-16)15-8-6-5-7-9-15/h5-9,12H,10-11H2,1-4H3. The summed E-state index contributed by atoms with van der Waals surface area (Å²) in [5.41, 5.74) is 3.26. The molecule has 2 aromatic heterocycles. The van der Waals surface area contributed by atoms with Gasteiger partial charge in [0.1, 0.15) is 0 Å². The molecular formula is C18H22N4OS. The zero-order chi connectivity index (χ0) is 17.1. The van der Waals surface area contributed by atoms with Gasteiger partial charge in [0.25, 0.3) is 0 Å². The van der Waals surface area contributed by atoms with E-state index in [2.05, 4.69) is 47.4 Å². The summed E-state index contributed by atoms with van der Waals surface area (Å²) >= 11 is 1.64. The number of benzene rings is 1. The van der Waals surface area contributed by atoms with Crippen LogP contribution in [0.2, 0.25) is 0 Å². The Hall–Kier alpha value is -2.08. The van der Waals surface area contributed by atoms with E-state index in [4.69, 9.17) is 4.52 Å². The second kappa shape index (κ2) is 7.21. The van der Waals surface area contributed by atoms with Gasteiger partial charge in [0.05, 0.1) is 11.4 Å². The van der Waals surface area contributed by atoms with Gasteiger partial charge in [-0.1, -0.05) is 61.1 Å². The summed E-state index contributed by atoms with van der Waals surface area (Å²) in [6, 6.07) is 9.86. The predicted molar refractivity (Wildman–Crippen MR) is 95.8 cm³/mol. The van der Waals surface area contributed by atoms with Crippen molar-refractivity contribution in [2.24, 2.45) is 5.92 Å². The molecule has 3 aromatic rings. The molecule has 0 fully saturated rings. The fraction of sp³-hybridized carbons (Fsp3) is 0.389. The van der Waals surface area contributed by atoms with E-state index in [0.717, 1.165) is 23.0 Å². The summed E-state index contributed by atoms with van der Waals surface area (Å²) in [5.74, 6) is 2.44. The van der Waals surface area contributed by atoms with Crippen LogP contribution in [0, 0.1) is 19.8 Å². The maximum Gasteiger partial charge on any atom is 0.237 e. The highest BCUT2D eigenvalue weighted by Crippen LogP contribution is 2.26. The van der Waals surface area contributed by atoms with Gasteiger partial charge < -0.3 is 9.09 Å². The zero-order valence-electron chi connectivity index (χ0n) is 14.5. The molecular weight excluding hydrogens is 320 g/mol. The second-order valence-corrected chi connectivity index (χ2v) is 7.18. The van der Waals surface area contributed by atoms with E-state index in [0.29, 0.717) is 23.4 Å². The van der Waals surface area contributed by atoms with Crippen molar-refractivity contribution in [2.45, 2.75) is 45.1 Å². The Bertz CT molecular complexity index is 808. The molecule has 0 unspecified atom stereocenters. The maximum atomic E-state index is 5.38. The quantitative estimate of drug-likeness (QED) is 0.617. The van der Waals surface area contributed by atoms with E-state index in [9.17, 15) is 0 Å². The Balaban J connectivity index is 1.73. The lowest BCUT2D eigenvalue weighted by atomic mass is 10.2. The highest BCUT2D eigenvalue weighted by Gasteiger charge is 2.15. The molecule has 0 N–H and O–H groups in total. The van der Waals surface area contributed by atoms with Gasteiger partial charge in [0.15, 0.2) is 5.16 Å². The molecule has 0 bridgehead atoms. The molecule has 0 aliphatic heterocycles. The molecule has 0 radical (unpaired) electrons. The van der Waals surface area contributed by atoms with Crippen LogP contribution >= 0.6 is 11.8 Å². The van der Waals surface area contributed by atoms with Gasteiger partial charge in [-0.2, -0.15) is 4.98 Å². The van der Waals surface area contributed by atoms with E-state index in [1.165, 1.54) is 5.69 Å². The number of aromatic nitrogens is 4. The van der Waals surface area contributed by atoms with Crippen LogP contribution in [-0.4, -0.2) is 19.7 Å². The minimum Gasteiger partial charge on any atom is -0.338 e. The van der Waals surface area contributed by atoms with Gasteiger partial charge >= 0.3 is 0 Å². The van der Waals surface area contributed by atoms with E-state index in [1.54, 1.807) is 11.8 Å². The molecule has 0 spiro atoms. The molecule has 6 heteroatoms. The number of nitrogens with zero attached hydrogens (tertiary/aromatic N) is 4. The normalized spacial score (nSPS) is 11.4. The maximum absolute atomic E-state index is 5.38. The van der Waals surface area contributed by atoms with Crippen molar-refractivity contribution in [3.05, 3.63) is 47.6 Å². The lowest BCUT2D eigenvalue weighted by molar-refractivity contribution is 0.391. The van der Waals surface area contributed by atoms with Crippen LogP contribution in [-0.2, 0) is 12.3 Å². The number of hydrogen-bond donors (Lipinski definition) is 0. The summed E-state index contributed by atoms with van der Waals surface area (Å²) in [7, 11) is 0. The van der Waals surface area contributed by atoms with Crippen molar-refractivity contribution in [1.29, 1.82) is 0 Å². The van der Waals surface area contributed by atoms with Gasteiger partial charge in [-0.15, -0.1) is 0 Å². The Morgan fingerprint density at radius 1 is 1.12 bits per heavy atom. The van der Waals surface area contributed by atoms with Crippen molar-refractivity contribution in [2.75, 3.05) is 0 Å². The zero-order valence-corrected chi connectivity index (χ0v) is 15.3. The monoisotopic (exact) mass is 342 g/mol. The van der Waals surface area contributed by atoms with Crippen molar-refractivity contribution in [3.8, 4) is 11.4 Å². The molecule has 24 heavy (non-hydrogen) atoms. The summed E-state index contributed by atoms with van der Waals surface area (Å²) < 4.78 is 7.66. The van der Waals surface area contributed by atoms with Gasteiger partial charge in [-0.3, -0.25) is 0 Å². The molecule has 0 saturated heterocycles.